The molecular formula is C25H39N3O7. The van der Waals surface area contributed by atoms with Crippen molar-refractivity contribution in [2.45, 2.75) is 78.6 Å². The number of amides is 3. The number of hydrogen-bond acceptors (Lipinski definition) is 7. The molecule has 0 bridgehead atoms. The van der Waals surface area contributed by atoms with Gasteiger partial charge in [-0.2, -0.15) is 0 Å². The Labute approximate surface area is 207 Å². The fourth-order valence-electron chi connectivity index (χ4n) is 3.43. The molecule has 0 aliphatic carbocycles. The van der Waals surface area contributed by atoms with Crippen molar-refractivity contribution >= 4 is 23.9 Å². The number of alkyl carbamates (subject to hydrolysis) is 1. The van der Waals surface area contributed by atoms with E-state index >= 15 is 0 Å². The summed E-state index contributed by atoms with van der Waals surface area (Å²) in [5.41, 5.74) is -0.330. The molecule has 3 N–H and O–H groups in total. The largest absolute Gasteiger partial charge is 0.508 e. The van der Waals surface area contributed by atoms with E-state index in [1.165, 1.54) is 36.3 Å². The molecule has 1 rings (SSSR count). The van der Waals surface area contributed by atoms with E-state index in [0.717, 1.165) is 0 Å². The van der Waals surface area contributed by atoms with E-state index < -0.39 is 47.6 Å². The quantitative estimate of drug-likeness (QED) is 0.427. The van der Waals surface area contributed by atoms with Crippen molar-refractivity contribution in [1.29, 1.82) is 0 Å². The lowest BCUT2D eigenvalue weighted by Gasteiger charge is -2.37. The third-order valence-electron chi connectivity index (χ3n) is 4.88. The normalized spacial score (nSPS) is 13.1. The van der Waals surface area contributed by atoms with Crippen LogP contribution in [0.1, 0.15) is 66.5 Å². The second-order valence-corrected chi connectivity index (χ2v) is 9.96. The number of phenolic OH excluding ortho intramolecular Hbond substituents is 1. The van der Waals surface area contributed by atoms with Gasteiger partial charge in [-0.15, -0.1) is 0 Å². The summed E-state index contributed by atoms with van der Waals surface area (Å²) in [6.07, 6.45) is -0.426. The van der Waals surface area contributed by atoms with E-state index in [4.69, 9.17) is 4.74 Å². The Hall–Kier alpha value is -3.30. The van der Waals surface area contributed by atoms with Gasteiger partial charge < -0.3 is 30.1 Å². The number of nitrogens with zero attached hydrogens (tertiary/aromatic N) is 1. The van der Waals surface area contributed by atoms with Crippen molar-refractivity contribution in [2.24, 2.45) is 5.92 Å². The van der Waals surface area contributed by atoms with Gasteiger partial charge >= 0.3 is 12.1 Å². The van der Waals surface area contributed by atoms with Crippen molar-refractivity contribution in [1.82, 2.24) is 15.5 Å². The molecule has 0 aromatic heterocycles. The van der Waals surface area contributed by atoms with Crippen molar-refractivity contribution < 1.29 is 33.8 Å². The van der Waals surface area contributed by atoms with Gasteiger partial charge in [0.2, 0.25) is 11.8 Å². The highest BCUT2D eigenvalue weighted by Crippen LogP contribution is 2.27. The zero-order valence-corrected chi connectivity index (χ0v) is 21.9. The minimum Gasteiger partial charge on any atom is -0.508 e. The molecule has 0 saturated heterocycles. The molecule has 2 atom stereocenters. The van der Waals surface area contributed by atoms with Gasteiger partial charge in [-0.25, -0.2) is 4.79 Å². The maximum atomic E-state index is 13.8. The van der Waals surface area contributed by atoms with E-state index in [1.807, 2.05) is 13.8 Å². The van der Waals surface area contributed by atoms with Crippen LogP contribution >= 0.6 is 0 Å². The molecule has 3 amide bonds. The van der Waals surface area contributed by atoms with E-state index in [9.17, 15) is 24.3 Å². The molecule has 35 heavy (non-hydrogen) atoms. The Kier molecular flexibility index (Phi) is 11.0. The van der Waals surface area contributed by atoms with Gasteiger partial charge in [-0.05, 0) is 64.7 Å². The van der Waals surface area contributed by atoms with Crippen molar-refractivity contribution in [3.8, 4) is 5.75 Å². The first kappa shape index (κ1) is 29.7. The van der Waals surface area contributed by atoms with Crippen molar-refractivity contribution in [2.75, 3.05) is 13.7 Å². The lowest BCUT2D eigenvalue weighted by Crippen LogP contribution is -2.55. The third kappa shape index (κ3) is 9.84. The monoisotopic (exact) mass is 493 g/mol. The number of phenols is 1. The van der Waals surface area contributed by atoms with E-state index in [2.05, 4.69) is 15.4 Å². The molecule has 10 heteroatoms. The number of hydrogen-bond donors (Lipinski definition) is 3. The highest BCUT2D eigenvalue weighted by molar-refractivity contribution is 5.93. The van der Waals surface area contributed by atoms with Gasteiger partial charge in [0.05, 0.1) is 7.11 Å². The van der Waals surface area contributed by atoms with Crippen LogP contribution in [0, 0.1) is 5.92 Å². The number of ether oxygens (including phenoxy) is 2. The predicted octanol–water partition coefficient (Wildman–Crippen LogP) is 2.90. The molecule has 1 aromatic carbocycles. The van der Waals surface area contributed by atoms with E-state index in [1.54, 1.807) is 34.6 Å². The number of benzene rings is 1. The Morgan fingerprint density at radius 1 is 1.03 bits per heavy atom. The van der Waals surface area contributed by atoms with Crippen LogP contribution in [0.5, 0.6) is 5.75 Å². The highest BCUT2D eigenvalue weighted by atomic mass is 16.6. The van der Waals surface area contributed by atoms with Crippen LogP contribution in [0.3, 0.4) is 0 Å². The average Bonchev–Trinajstić information content (AvgIpc) is 2.73. The summed E-state index contributed by atoms with van der Waals surface area (Å²) < 4.78 is 9.94. The molecule has 0 aliphatic rings. The second-order valence-electron chi connectivity index (χ2n) is 9.96. The van der Waals surface area contributed by atoms with Crippen LogP contribution in [-0.2, 0) is 23.9 Å². The van der Waals surface area contributed by atoms with Crippen LogP contribution in [0.4, 0.5) is 4.79 Å². The number of aromatic hydroxyl groups is 1. The van der Waals surface area contributed by atoms with Crippen LogP contribution in [-0.4, -0.2) is 65.2 Å². The first-order chi connectivity index (χ1) is 16.2. The van der Waals surface area contributed by atoms with Crippen LogP contribution in [0.15, 0.2) is 24.3 Å². The van der Waals surface area contributed by atoms with E-state index in [0.29, 0.717) is 12.0 Å². The first-order valence-corrected chi connectivity index (χ1v) is 11.6. The maximum Gasteiger partial charge on any atom is 0.408 e. The summed E-state index contributed by atoms with van der Waals surface area (Å²) in [5, 5.41) is 14.9. The molecule has 0 spiro atoms. The number of nitrogens with one attached hydrogen (secondary N) is 2. The van der Waals surface area contributed by atoms with Gasteiger partial charge in [0.15, 0.2) is 0 Å². The SMILES string of the molecule is COC(=O)CNC(=O)C(c1ccc(O)cc1)N(C(=O)C(CC(C)C)NC(=O)OC(C)(C)C)C(C)C. The number of carbonyl (C=O) groups is 4. The molecule has 0 heterocycles. The van der Waals surface area contributed by atoms with Crippen molar-refractivity contribution in [3.05, 3.63) is 29.8 Å². The minimum atomic E-state index is -1.14. The molecule has 2 unspecified atom stereocenters. The third-order valence-corrected chi connectivity index (χ3v) is 4.88. The van der Waals surface area contributed by atoms with E-state index in [-0.39, 0.29) is 18.2 Å². The molecule has 0 saturated carbocycles. The van der Waals surface area contributed by atoms with Gasteiger partial charge in [-0.3, -0.25) is 14.4 Å². The van der Waals surface area contributed by atoms with Gasteiger partial charge in [0.25, 0.3) is 0 Å². The van der Waals surface area contributed by atoms with Gasteiger partial charge in [0, 0.05) is 6.04 Å². The minimum absolute atomic E-state index is 0.00540. The Morgan fingerprint density at radius 2 is 1.60 bits per heavy atom. The number of carbonyl (C=O) groups excluding carboxylic acids is 4. The van der Waals surface area contributed by atoms with Crippen molar-refractivity contribution in [3.63, 3.8) is 0 Å². The smallest absolute Gasteiger partial charge is 0.408 e. The molecule has 10 nitrogen and oxygen atoms in total. The fourth-order valence-corrected chi connectivity index (χ4v) is 3.43. The number of esters is 1. The topological polar surface area (TPSA) is 134 Å². The molecular weight excluding hydrogens is 454 g/mol. The van der Waals surface area contributed by atoms with Gasteiger partial charge in [0.1, 0.15) is 30.0 Å². The molecule has 0 fully saturated rings. The molecule has 0 aliphatic heterocycles. The lowest BCUT2D eigenvalue weighted by atomic mass is 9.98. The summed E-state index contributed by atoms with van der Waals surface area (Å²) in [5.74, 6) is -1.69. The van der Waals surface area contributed by atoms with Crippen LogP contribution in [0.2, 0.25) is 0 Å². The maximum absolute atomic E-state index is 13.8. The second kappa shape index (κ2) is 13.0. The van der Waals surface area contributed by atoms with Crippen LogP contribution < -0.4 is 10.6 Å². The predicted molar refractivity (Wildman–Crippen MR) is 130 cm³/mol. The average molecular weight is 494 g/mol. The number of methoxy groups -OCH3 is 1. The zero-order valence-electron chi connectivity index (χ0n) is 21.9. The fraction of sp³-hybridized carbons (Fsp3) is 0.600. The standard InChI is InChI=1S/C25H39N3O7/c1-15(2)13-19(27-24(33)35-25(5,6)7)23(32)28(16(3)4)21(17-9-11-18(29)12-10-17)22(31)26-14-20(30)34-8/h9-12,15-16,19,21,29H,13-14H2,1-8H3,(H,26,31)(H,27,33). The summed E-state index contributed by atoms with van der Waals surface area (Å²) in [4.78, 5) is 52.6. The lowest BCUT2D eigenvalue weighted by molar-refractivity contribution is -0.146. The Bertz CT molecular complexity index is 876. The molecule has 196 valence electrons. The summed E-state index contributed by atoms with van der Waals surface area (Å²) in [7, 11) is 1.20. The Morgan fingerprint density at radius 3 is 2.06 bits per heavy atom. The summed E-state index contributed by atoms with van der Waals surface area (Å²) in [6.45, 7) is 12.1. The van der Waals surface area contributed by atoms with Gasteiger partial charge in [-0.1, -0.05) is 26.0 Å². The number of rotatable bonds is 10. The Balaban J connectivity index is 3.42. The molecule has 0 radical (unpaired) electrons. The van der Waals surface area contributed by atoms with Crippen LogP contribution in [0.25, 0.3) is 0 Å². The summed E-state index contributed by atoms with van der Waals surface area (Å²) >= 11 is 0. The molecule has 1 aromatic rings. The highest BCUT2D eigenvalue weighted by Gasteiger charge is 2.38. The summed E-state index contributed by atoms with van der Waals surface area (Å²) in [6, 6.07) is 3.31. The zero-order chi connectivity index (χ0) is 26.9. The first-order valence-electron chi connectivity index (χ1n) is 11.6.